The number of rotatable bonds is 10. The number of hydrogen-bond donors (Lipinski definition) is 1. The van der Waals surface area contributed by atoms with Crippen molar-refractivity contribution in [2.75, 3.05) is 27.9 Å². The predicted octanol–water partition coefficient (Wildman–Crippen LogP) is 2.73. The van der Waals surface area contributed by atoms with Crippen LogP contribution in [0.2, 0.25) is 0 Å². The number of ether oxygens (including phenoxy) is 3. The van der Waals surface area contributed by atoms with Crippen LogP contribution in [0.4, 0.5) is 0 Å². The van der Waals surface area contributed by atoms with E-state index in [2.05, 4.69) is 11.9 Å². The van der Waals surface area contributed by atoms with Crippen LogP contribution >= 0.6 is 0 Å². The third-order valence-electron chi connectivity index (χ3n) is 3.25. The fourth-order valence-corrected chi connectivity index (χ4v) is 2.13. The highest BCUT2D eigenvalue weighted by atomic mass is 16.5. The SMILES string of the molecule is C=CCCCCNC(=O)Cc1cc(OC)c(OC)c(OC)c1. The predicted molar refractivity (Wildman–Crippen MR) is 86.9 cm³/mol. The molecule has 0 unspecified atom stereocenters. The molecular weight excluding hydrogens is 282 g/mol. The van der Waals surface area contributed by atoms with Gasteiger partial charge in [0, 0.05) is 6.54 Å². The highest BCUT2D eigenvalue weighted by molar-refractivity contribution is 5.79. The molecule has 0 saturated carbocycles. The number of nitrogens with one attached hydrogen (secondary N) is 1. The maximum atomic E-state index is 12.0. The monoisotopic (exact) mass is 307 g/mol. The average molecular weight is 307 g/mol. The van der Waals surface area contributed by atoms with Gasteiger partial charge in [-0.25, -0.2) is 0 Å². The lowest BCUT2D eigenvalue weighted by Gasteiger charge is -2.14. The van der Waals surface area contributed by atoms with Gasteiger partial charge < -0.3 is 19.5 Å². The van der Waals surface area contributed by atoms with E-state index in [4.69, 9.17) is 14.2 Å². The molecule has 5 heteroatoms. The molecule has 1 aromatic carbocycles. The number of carbonyl (C=O) groups is 1. The van der Waals surface area contributed by atoms with Gasteiger partial charge in [0.25, 0.3) is 0 Å². The largest absolute Gasteiger partial charge is 0.493 e. The number of allylic oxidation sites excluding steroid dienone is 1. The zero-order chi connectivity index (χ0) is 16.4. The highest BCUT2D eigenvalue weighted by Crippen LogP contribution is 2.38. The van der Waals surface area contributed by atoms with Crippen LogP contribution < -0.4 is 19.5 Å². The van der Waals surface area contributed by atoms with Gasteiger partial charge in [-0.1, -0.05) is 6.08 Å². The van der Waals surface area contributed by atoms with Crippen molar-refractivity contribution in [1.29, 1.82) is 0 Å². The fourth-order valence-electron chi connectivity index (χ4n) is 2.13. The van der Waals surface area contributed by atoms with E-state index in [-0.39, 0.29) is 12.3 Å². The summed E-state index contributed by atoms with van der Waals surface area (Å²) in [5.41, 5.74) is 0.818. The molecule has 1 rings (SSSR count). The minimum absolute atomic E-state index is 0.0205. The van der Waals surface area contributed by atoms with Crippen molar-refractivity contribution in [2.24, 2.45) is 0 Å². The quantitative estimate of drug-likeness (QED) is 0.533. The van der Waals surface area contributed by atoms with Gasteiger partial charge in [0.15, 0.2) is 11.5 Å². The second-order valence-corrected chi connectivity index (χ2v) is 4.84. The normalized spacial score (nSPS) is 9.95. The summed E-state index contributed by atoms with van der Waals surface area (Å²) in [6.45, 7) is 4.35. The molecule has 1 amide bonds. The zero-order valence-electron chi connectivity index (χ0n) is 13.6. The second kappa shape index (κ2) is 9.71. The summed E-state index contributed by atoms with van der Waals surface area (Å²) in [4.78, 5) is 12.0. The third-order valence-corrected chi connectivity index (χ3v) is 3.25. The Kier molecular flexibility index (Phi) is 7.89. The first-order valence-corrected chi connectivity index (χ1v) is 7.32. The molecule has 0 heterocycles. The molecule has 0 bridgehead atoms. The molecule has 1 aromatic rings. The Morgan fingerprint density at radius 1 is 1.14 bits per heavy atom. The molecule has 0 radical (unpaired) electrons. The van der Waals surface area contributed by atoms with E-state index in [1.165, 1.54) is 0 Å². The molecule has 0 aliphatic rings. The summed E-state index contributed by atoms with van der Waals surface area (Å²) < 4.78 is 15.8. The molecule has 0 aliphatic carbocycles. The summed E-state index contributed by atoms with van der Waals surface area (Å²) >= 11 is 0. The Bertz CT molecular complexity index is 474. The molecule has 5 nitrogen and oxygen atoms in total. The first-order valence-electron chi connectivity index (χ1n) is 7.32. The zero-order valence-corrected chi connectivity index (χ0v) is 13.6. The molecule has 122 valence electrons. The lowest BCUT2D eigenvalue weighted by molar-refractivity contribution is -0.120. The molecule has 0 saturated heterocycles. The van der Waals surface area contributed by atoms with E-state index in [0.717, 1.165) is 24.8 Å². The van der Waals surface area contributed by atoms with Crippen LogP contribution in [-0.2, 0) is 11.2 Å². The van der Waals surface area contributed by atoms with Crippen molar-refractivity contribution in [3.63, 3.8) is 0 Å². The Balaban J connectivity index is 2.64. The van der Waals surface area contributed by atoms with Crippen molar-refractivity contribution >= 4 is 5.91 Å². The third kappa shape index (κ3) is 5.31. The molecule has 0 aromatic heterocycles. The Labute approximate surface area is 132 Å². The van der Waals surface area contributed by atoms with Gasteiger partial charge in [0.05, 0.1) is 27.8 Å². The molecule has 1 N–H and O–H groups in total. The van der Waals surface area contributed by atoms with E-state index in [9.17, 15) is 4.79 Å². The topological polar surface area (TPSA) is 56.8 Å². The summed E-state index contributed by atoms with van der Waals surface area (Å²) in [5, 5.41) is 2.91. The summed E-state index contributed by atoms with van der Waals surface area (Å²) in [5.74, 6) is 1.61. The summed E-state index contributed by atoms with van der Waals surface area (Å²) in [7, 11) is 4.66. The van der Waals surface area contributed by atoms with Gasteiger partial charge in [-0.15, -0.1) is 6.58 Å². The van der Waals surface area contributed by atoms with Crippen LogP contribution in [0, 0.1) is 0 Å². The van der Waals surface area contributed by atoms with Crippen LogP contribution in [0.5, 0.6) is 17.2 Å². The standard InChI is InChI=1S/C17H25NO4/c1-5-6-7-8-9-18-16(19)12-13-10-14(20-2)17(22-4)15(11-13)21-3/h5,10-11H,1,6-9,12H2,2-4H3,(H,18,19). The summed E-state index contributed by atoms with van der Waals surface area (Å²) in [6.07, 6.45) is 5.12. The average Bonchev–Trinajstić information content (AvgIpc) is 2.53. The van der Waals surface area contributed by atoms with Gasteiger partial charge in [0.1, 0.15) is 0 Å². The number of amides is 1. The van der Waals surface area contributed by atoms with Crippen LogP contribution in [-0.4, -0.2) is 33.8 Å². The lowest BCUT2D eigenvalue weighted by Crippen LogP contribution is -2.26. The number of unbranched alkanes of at least 4 members (excludes halogenated alkanes) is 2. The van der Waals surface area contributed by atoms with E-state index < -0.39 is 0 Å². The maximum Gasteiger partial charge on any atom is 0.224 e. The van der Waals surface area contributed by atoms with Crippen LogP contribution in [0.15, 0.2) is 24.8 Å². The van der Waals surface area contributed by atoms with Crippen molar-refractivity contribution in [2.45, 2.75) is 25.7 Å². The second-order valence-electron chi connectivity index (χ2n) is 4.84. The van der Waals surface area contributed by atoms with Gasteiger partial charge in [0.2, 0.25) is 11.7 Å². The van der Waals surface area contributed by atoms with E-state index in [0.29, 0.717) is 23.8 Å². The summed E-state index contributed by atoms with van der Waals surface area (Å²) in [6, 6.07) is 3.58. The minimum Gasteiger partial charge on any atom is -0.493 e. The van der Waals surface area contributed by atoms with Crippen molar-refractivity contribution in [1.82, 2.24) is 5.32 Å². The Morgan fingerprint density at radius 3 is 2.27 bits per heavy atom. The molecule has 0 spiro atoms. The maximum absolute atomic E-state index is 12.0. The first kappa shape index (κ1) is 17.9. The van der Waals surface area contributed by atoms with E-state index in [1.54, 1.807) is 33.5 Å². The van der Waals surface area contributed by atoms with Crippen molar-refractivity contribution in [3.8, 4) is 17.2 Å². The van der Waals surface area contributed by atoms with E-state index >= 15 is 0 Å². The van der Waals surface area contributed by atoms with Crippen molar-refractivity contribution in [3.05, 3.63) is 30.4 Å². The smallest absolute Gasteiger partial charge is 0.224 e. The van der Waals surface area contributed by atoms with Gasteiger partial charge in [-0.05, 0) is 37.0 Å². The molecular formula is C17H25NO4. The van der Waals surface area contributed by atoms with Gasteiger partial charge in [-0.3, -0.25) is 4.79 Å². The number of carbonyl (C=O) groups excluding carboxylic acids is 1. The molecule has 0 aliphatic heterocycles. The Hall–Kier alpha value is -2.17. The van der Waals surface area contributed by atoms with Crippen LogP contribution in [0.1, 0.15) is 24.8 Å². The van der Waals surface area contributed by atoms with Gasteiger partial charge in [-0.2, -0.15) is 0 Å². The molecule has 22 heavy (non-hydrogen) atoms. The number of methoxy groups -OCH3 is 3. The molecule has 0 fully saturated rings. The number of hydrogen-bond acceptors (Lipinski definition) is 4. The Morgan fingerprint density at radius 2 is 1.77 bits per heavy atom. The van der Waals surface area contributed by atoms with Gasteiger partial charge >= 0.3 is 0 Å². The number of benzene rings is 1. The first-order chi connectivity index (χ1) is 10.7. The van der Waals surface area contributed by atoms with E-state index in [1.807, 2.05) is 6.08 Å². The lowest BCUT2D eigenvalue weighted by atomic mass is 10.1. The fraction of sp³-hybridized carbons (Fsp3) is 0.471. The van der Waals surface area contributed by atoms with Crippen LogP contribution in [0.3, 0.4) is 0 Å². The van der Waals surface area contributed by atoms with Crippen LogP contribution in [0.25, 0.3) is 0 Å². The minimum atomic E-state index is -0.0205. The molecule has 0 atom stereocenters. The van der Waals surface area contributed by atoms with Crippen molar-refractivity contribution < 1.29 is 19.0 Å². The highest BCUT2D eigenvalue weighted by Gasteiger charge is 2.14.